The Labute approximate surface area is 58.9 Å². The largest absolute Gasteiger partial charge is 0.352 e. The standard InChI is InChI=1S/C6H8N3O/c10-5-4-9-6-7-2-1-3-8-6/h1-3H,4-5H2,(H,7,8,9). The summed E-state index contributed by atoms with van der Waals surface area (Å²) in [6.45, 7) is 0.224. The van der Waals surface area contributed by atoms with Gasteiger partial charge in [-0.3, -0.25) is 0 Å². The van der Waals surface area contributed by atoms with E-state index in [4.69, 9.17) is 0 Å². The number of hydrogen-bond donors (Lipinski definition) is 1. The Bertz CT molecular complexity index is 178. The highest BCUT2D eigenvalue weighted by atomic mass is 16.3. The molecule has 1 radical (unpaired) electrons. The van der Waals surface area contributed by atoms with E-state index in [0.29, 0.717) is 12.5 Å². The molecule has 4 nitrogen and oxygen atoms in total. The van der Waals surface area contributed by atoms with Crippen molar-refractivity contribution < 1.29 is 5.11 Å². The van der Waals surface area contributed by atoms with Crippen LogP contribution in [0.5, 0.6) is 0 Å². The van der Waals surface area contributed by atoms with E-state index in [9.17, 15) is 5.11 Å². The van der Waals surface area contributed by atoms with Crippen LogP contribution in [0.3, 0.4) is 0 Å². The minimum atomic E-state index is -0.155. The molecule has 0 aliphatic carbocycles. The Kier molecular flexibility index (Phi) is 2.63. The fourth-order valence-corrected chi connectivity index (χ4v) is 0.553. The van der Waals surface area contributed by atoms with E-state index >= 15 is 0 Å². The highest BCUT2D eigenvalue weighted by molar-refractivity contribution is 5.21. The molecule has 1 aromatic rings. The maximum Gasteiger partial charge on any atom is 0.222 e. The maximum atomic E-state index is 9.99. The van der Waals surface area contributed by atoms with Crippen LogP contribution < -0.4 is 5.32 Å². The highest BCUT2D eigenvalue weighted by Crippen LogP contribution is 1.91. The number of anilines is 1. The summed E-state index contributed by atoms with van der Waals surface area (Å²) in [7, 11) is 0. The van der Waals surface area contributed by atoms with Crippen LogP contribution in [-0.2, 0) is 5.11 Å². The second kappa shape index (κ2) is 3.79. The number of nitrogens with zero attached hydrogens (tertiary/aromatic N) is 2. The summed E-state index contributed by atoms with van der Waals surface area (Å²) < 4.78 is 0. The molecule has 0 saturated carbocycles. The van der Waals surface area contributed by atoms with Gasteiger partial charge < -0.3 is 5.32 Å². The molecule has 0 aliphatic heterocycles. The minimum Gasteiger partial charge on any atom is -0.352 e. The molecule has 53 valence electrons. The Morgan fingerprint density at radius 1 is 1.40 bits per heavy atom. The van der Waals surface area contributed by atoms with Crippen LogP contribution in [-0.4, -0.2) is 23.1 Å². The van der Waals surface area contributed by atoms with Crippen molar-refractivity contribution in [3.05, 3.63) is 18.5 Å². The summed E-state index contributed by atoms with van der Waals surface area (Å²) in [5.74, 6) is 0.512. The third kappa shape index (κ3) is 1.99. The van der Waals surface area contributed by atoms with E-state index in [0.717, 1.165) is 0 Å². The third-order valence-corrected chi connectivity index (χ3v) is 0.951. The molecule has 0 unspecified atom stereocenters. The zero-order valence-electron chi connectivity index (χ0n) is 5.45. The van der Waals surface area contributed by atoms with E-state index in [2.05, 4.69) is 15.3 Å². The Morgan fingerprint density at radius 2 is 2.10 bits per heavy atom. The average molecular weight is 138 g/mol. The number of nitrogens with one attached hydrogen (secondary N) is 1. The predicted octanol–water partition coefficient (Wildman–Crippen LogP) is 0.319. The van der Waals surface area contributed by atoms with Gasteiger partial charge in [-0.2, -0.15) is 0 Å². The summed E-state index contributed by atoms with van der Waals surface area (Å²) in [6, 6.07) is 1.72. The number of aromatic nitrogens is 2. The van der Waals surface area contributed by atoms with Crippen LogP contribution in [0.4, 0.5) is 5.95 Å². The van der Waals surface area contributed by atoms with Crippen molar-refractivity contribution in [2.75, 3.05) is 18.5 Å². The fourth-order valence-electron chi connectivity index (χ4n) is 0.553. The summed E-state index contributed by atoms with van der Waals surface area (Å²) >= 11 is 0. The van der Waals surface area contributed by atoms with Crippen molar-refractivity contribution in [3.8, 4) is 0 Å². The summed E-state index contributed by atoms with van der Waals surface area (Å²) in [5, 5.41) is 12.7. The molecule has 1 N–H and O–H groups in total. The van der Waals surface area contributed by atoms with Gasteiger partial charge in [-0.05, 0) is 6.07 Å². The van der Waals surface area contributed by atoms with Crippen molar-refractivity contribution in [1.82, 2.24) is 9.97 Å². The smallest absolute Gasteiger partial charge is 0.222 e. The first-order valence-electron chi connectivity index (χ1n) is 3.02. The Morgan fingerprint density at radius 3 is 2.70 bits per heavy atom. The van der Waals surface area contributed by atoms with Gasteiger partial charge in [-0.25, -0.2) is 15.1 Å². The lowest BCUT2D eigenvalue weighted by Gasteiger charge is -1.97. The van der Waals surface area contributed by atoms with Gasteiger partial charge in [-0.15, -0.1) is 0 Å². The van der Waals surface area contributed by atoms with Crippen molar-refractivity contribution in [2.24, 2.45) is 0 Å². The first-order chi connectivity index (χ1) is 4.93. The molecule has 4 heteroatoms. The molecule has 0 aromatic carbocycles. The van der Waals surface area contributed by atoms with Gasteiger partial charge in [0.1, 0.15) is 0 Å². The molecule has 10 heavy (non-hydrogen) atoms. The molecular weight excluding hydrogens is 130 g/mol. The monoisotopic (exact) mass is 138 g/mol. The Hall–Kier alpha value is -1.16. The molecule has 1 heterocycles. The summed E-state index contributed by atoms with van der Waals surface area (Å²) in [5.41, 5.74) is 0. The molecule has 0 atom stereocenters. The lowest BCUT2D eigenvalue weighted by Crippen LogP contribution is -2.06. The first kappa shape index (κ1) is 6.95. The summed E-state index contributed by atoms with van der Waals surface area (Å²) in [4.78, 5) is 7.71. The SMILES string of the molecule is [O]CCNc1ncccn1. The second-order valence-electron chi connectivity index (χ2n) is 1.70. The van der Waals surface area contributed by atoms with Crippen LogP contribution in [0.2, 0.25) is 0 Å². The molecule has 1 rings (SSSR count). The maximum absolute atomic E-state index is 9.99. The molecule has 0 amide bonds. The van der Waals surface area contributed by atoms with Gasteiger partial charge >= 0.3 is 0 Å². The van der Waals surface area contributed by atoms with Crippen LogP contribution >= 0.6 is 0 Å². The molecule has 0 bridgehead atoms. The zero-order valence-corrected chi connectivity index (χ0v) is 5.45. The quantitative estimate of drug-likeness (QED) is 0.654. The van der Waals surface area contributed by atoms with E-state index < -0.39 is 0 Å². The van der Waals surface area contributed by atoms with E-state index in [1.807, 2.05) is 0 Å². The van der Waals surface area contributed by atoms with E-state index in [1.54, 1.807) is 18.5 Å². The van der Waals surface area contributed by atoms with Crippen molar-refractivity contribution in [3.63, 3.8) is 0 Å². The first-order valence-corrected chi connectivity index (χ1v) is 3.02. The van der Waals surface area contributed by atoms with Gasteiger partial charge in [-0.1, -0.05) is 0 Å². The Balaban J connectivity index is 2.43. The average Bonchev–Trinajstić information content (AvgIpc) is 2.03. The van der Waals surface area contributed by atoms with Gasteiger partial charge in [0.05, 0.1) is 6.61 Å². The lowest BCUT2D eigenvalue weighted by atomic mass is 10.6. The molecule has 0 spiro atoms. The third-order valence-electron chi connectivity index (χ3n) is 0.951. The van der Waals surface area contributed by atoms with Gasteiger partial charge in [0.15, 0.2) is 0 Å². The zero-order chi connectivity index (χ0) is 7.23. The molecule has 0 saturated heterocycles. The molecular formula is C6H8N3O. The van der Waals surface area contributed by atoms with E-state index in [1.165, 1.54) is 0 Å². The highest BCUT2D eigenvalue weighted by Gasteiger charge is 1.88. The second-order valence-corrected chi connectivity index (χ2v) is 1.70. The predicted molar refractivity (Wildman–Crippen MR) is 36.1 cm³/mol. The minimum absolute atomic E-state index is 0.155. The molecule has 0 fully saturated rings. The molecule has 1 aromatic heterocycles. The van der Waals surface area contributed by atoms with Gasteiger partial charge in [0.2, 0.25) is 5.95 Å². The number of hydrogen-bond acceptors (Lipinski definition) is 3. The topological polar surface area (TPSA) is 57.7 Å². The van der Waals surface area contributed by atoms with Crippen LogP contribution in [0, 0.1) is 0 Å². The van der Waals surface area contributed by atoms with E-state index in [-0.39, 0.29) is 6.61 Å². The normalized spacial score (nSPS) is 9.30. The molecule has 0 aliphatic rings. The lowest BCUT2D eigenvalue weighted by molar-refractivity contribution is 0.206. The summed E-state index contributed by atoms with van der Waals surface area (Å²) in [6.07, 6.45) is 3.25. The number of rotatable bonds is 3. The van der Waals surface area contributed by atoms with Gasteiger partial charge in [0, 0.05) is 18.9 Å². The van der Waals surface area contributed by atoms with Crippen LogP contribution in [0.15, 0.2) is 18.5 Å². The van der Waals surface area contributed by atoms with Crippen molar-refractivity contribution in [2.45, 2.75) is 0 Å². The van der Waals surface area contributed by atoms with Gasteiger partial charge in [0.25, 0.3) is 0 Å². The van der Waals surface area contributed by atoms with Crippen molar-refractivity contribution in [1.29, 1.82) is 0 Å². The van der Waals surface area contributed by atoms with Crippen molar-refractivity contribution >= 4 is 5.95 Å². The van der Waals surface area contributed by atoms with Crippen LogP contribution in [0.25, 0.3) is 0 Å². The van der Waals surface area contributed by atoms with Crippen LogP contribution in [0.1, 0.15) is 0 Å². The fraction of sp³-hybridized carbons (Fsp3) is 0.333.